The number of nitrogens with zero attached hydrogens (tertiary/aromatic N) is 4. The maximum Gasteiger partial charge on any atom is 0.232 e. The zero-order chi connectivity index (χ0) is 11.4. The van der Waals surface area contributed by atoms with Gasteiger partial charge in [0.15, 0.2) is 0 Å². The molecule has 2 aromatic heterocycles. The van der Waals surface area contributed by atoms with E-state index < -0.39 is 0 Å². The van der Waals surface area contributed by atoms with E-state index in [0.717, 1.165) is 35.3 Å². The van der Waals surface area contributed by atoms with E-state index in [0.29, 0.717) is 0 Å². The quantitative estimate of drug-likeness (QED) is 0.801. The zero-order valence-corrected chi connectivity index (χ0v) is 10.3. The number of aromatic nitrogens is 4. The van der Waals surface area contributed by atoms with E-state index in [-0.39, 0.29) is 0 Å². The van der Waals surface area contributed by atoms with Crippen LogP contribution in [0.15, 0.2) is 12.3 Å². The third-order valence-electron chi connectivity index (χ3n) is 2.08. The summed E-state index contributed by atoms with van der Waals surface area (Å²) in [7, 11) is 0. The van der Waals surface area contributed by atoms with Crippen molar-refractivity contribution in [1.29, 1.82) is 0 Å². The molecule has 5 nitrogen and oxygen atoms in total. The summed E-state index contributed by atoms with van der Waals surface area (Å²) in [6, 6.07) is 1.95. The second-order valence-electron chi connectivity index (χ2n) is 3.56. The molecule has 0 amide bonds. The van der Waals surface area contributed by atoms with Gasteiger partial charge in [-0.25, -0.2) is 4.68 Å². The molecule has 2 rings (SSSR count). The fourth-order valence-electron chi connectivity index (χ4n) is 1.30. The highest BCUT2D eigenvalue weighted by molar-refractivity contribution is 7.13. The van der Waals surface area contributed by atoms with E-state index in [9.17, 15) is 0 Å². The van der Waals surface area contributed by atoms with Gasteiger partial charge in [0.1, 0.15) is 5.01 Å². The molecule has 0 radical (unpaired) electrons. The van der Waals surface area contributed by atoms with Gasteiger partial charge >= 0.3 is 0 Å². The Balaban J connectivity index is 2.02. The normalized spacial score (nSPS) is 10.9. The highest BCUT2D eigenvalue weighted by atomic mass is 32.1. The van der Waals surface area contributed by atoms with Gasteiger partial charge in [-0.15, -0.1) is 10.2 Å². The van der Waals surface area contributed by atoms with Gasteiger partial charge in [-0.3, -0.25) is 0 Å². The minimum atomic E-state index is 0.783. The van der Waals surface area contributed by atoms with Gasteiger partial charge in [0.25, 0.3) is 0 Å². The number of rotatable bonds is 5. The van der Waals surface area contributed by atoms with E-state index in [2.05, 4.69) is 27.5 Å². The van der Waals surface area contributed by atoms with Crippen LogP contribution in [-0.4, -0.2) is 26.5 Å². The molecule has 16 heavy (non-hydrogen) atoms. The minimum Gasteiger partial charge on any atom is -0.310 e. The van der Waals surface area contributed by atoms with Crippen molar-refractivity contribution in [2.45, 2.75) is 26.8 Å². The van der Waals surface area contributed by atoms with Crippen LogP contribution in [0.1, 0.15) is 24.0 Å². The van der Waals surface area contributed by atoms with Crippen LogP contribution in [0.4, 0.5) is 0 Å². The summed E-state index contributed by atoms with van der Waals surface area (Å²) in [6.07, 6.45) is 3.03. The van der Waals surface area contributed by atoms with Gasteiger partial charge in [0.2, 0.25) is 5.13 Å². The lowest BCUT2D eigenvalue weighted by Crippen LogP contribution is -2.13. The van der Waals surface area contributed by atoms with Crippen LogP contribution in [0.5, 0.6) is 0 Å². The Morgan fingerprint density at radius 2 is 2.31 bits per heavy atom. The molecule has 0 saturated heterocycles. The molecule has 0 aliphatic carbocycles. The van der Waals surface area contributed by atoms with E-state index in [1.807, 2.05) is 19.2 Å². The van der Waals surface area contributed by atoms with E-state index in [1.54, 1.807) is 16.0 Å². The first kappa shape index (κ1) is 11.2. The fourth-order valence-corrected chi connectivity index (χ4v) is 2.05. The van der Waals surface area contributed by atoms with Crippen molar-refractivity contribution < 1.29 is 0 Å². The highest BCUT2D eigenvalue weighted by Gasteiger charge is 2.06. The second kappa shape index (κ2) is 5.18. The number of hydrogen-bond acceptors (Lipinski definition) is 5. The summed E-state index contributed by atoms with van der Waals surface area (Å²) < 4.78 is 1.76. The average Bonchev–Trinajstić information content (AvgIpc) is 2.87. The summed E-state index contributed by atoms with van der Waals surface area (Å²) in [4.78, 5) is 0. The second-order valence-corrected chi connectivity index (χ2v) is 4.60. The topological polar surface area (TPSA) is 55.6 Å². The molecule has 86 valence electrons. The summed E-state index contributed by atoms with van der Waals surface area (Å²) in [5.41, 5.74) is 0.987. The van der Waals surface area contributed by atoms with Crippen molar-refractivity contribution >= 4 is 11.3 Å². The largest absolute Gasteiger partial charge is 0.310 e. The molecule has 6 heteroatoms. The van der Waals surface area contributed by atoms with Crippen molar-refractivity contribution in [3.8, 4) is 5.13 Å². The van der Waals surface area contributed by atoms with Gasteiger partial charge < -0.3 is 5.32 Å². The summed E-state index contributed by atoms with van der Waals surface area (Å²) in [5, 5.41) is 17.6. The first-order valence-corrected chi connectivity index (χ1v) is 6.17. The van der Waals surface area contributed by atoms with Crippen LogP contribution in [0, 0.1) is 6.92 Å². The van der Waals surface area contributed by atoms with Crippen LogP contribution < -0.4 is 5.32 Å². The molecule has 0 atom stereocenters. The van der Waals surface area contributed by atoms with Gasteiger partial charge in [-0.05, 0) is 26.0 Å². The van der Waals surface area contributed by atoms with Gasteiger partial charge in [0, 0.05) is 12.7 Å². The molecule has 0 aliphatic rings. The molecule has 2 heterocycles. The lowest BCUT2D eigenvalue weighted by atomic mass is 10.5. The Bertz CT molecular complexity index is 448. The van der Waals surface area contributed by atoms with Gasteiger partial charge in [-0.1, -0.05) is 18.3 Å². The molecule has 1 N–H and O–H groups in total. The summed E-state index contributed by atoms with van der Waals surface area (Å²) >= 11 is 1.57. The molecular formula is C10H15N5S. The van der Waals surface area contributed by atoms with Gasteiger partial charge in [0.05, 0.1) is 5.69 Å². The molecule has 0 aliphatic heterocycles. The Morgan fingerprint density at radius 3 is 3.00 bits per heavy atom. The van der Waals surface area contributed by atoms with Gasteiger partial charge in [-0.2, -0.15) is 5.10 Å². The molecule has 0 spiro atoms. The third kappa shape index (κ3) is 2.65. The maximum atomic E-state index is 4.29. The lowest BCUT2D eigenvalue weighted by molar-refractivity contribution is 0.667. The number of nitrogens with one attached hydrogen (secondary N) is 1. The Morgan fingerprint density at radius 1 is 1.44 bits per heavy atom. The molecule has 0 saturated carbocycles. The van der Waals surface area contributed by atoms with Crippen LogP contribution in [0.25, 0.3) is 5.13 Å². The fraction of sp³-hybridized carbons (Fsp3) is 0.500. The third-order valence-corrected chi connectivity index (χ3v) is 2.99. The van der Waals surface area contributed by atoms with Crippen LogP contribution in [0.2, 0.25) is 0 Å². The van der Waals surface area contributed by atoms with Crippen LogP contribution in [0.3, 0.4) is 0 Å². The van der Waals surface area contributed by atoms with Crippen molar-refractivity contribution in [1.82, 2.24) is 25.3 Å². The van der Waals surface area contributed by atoms with Crippen molar-refractivity contribution in [2.75, 3.05) is 6.54 Å². The maximum absolute atomic E-state index is 4.29. The molecule has 2 aromatic rings. The summed E-state index contributed by atoms with van der Waals surface area (Å²) in [5.74, 6) is 0. The zero-order valence-electron chi connectivity index (χ0n) is 9.47. The lowest BCUT2D eigenvalue weighted by Gasteiger charge is -1.96. The number of aryl methyl sites for hydroxylation is 1. The van der Waals surface area contributed by atoms with Crippen molar-refractivity contribution in [3.63, 3.8) is 0 Å². The molecule has 0 unspecified atom stereocenters. The highest BCUT2D eigenvalue weighted by Crippen LogP contribution is 2.13. The van der Waals surface area contributed by atoms with Crippen LogP contribution >= 0.6 is 11.3 Å². The Labute approximate surface area is 98.5 Å². The molecule has 0 aromatic carbocycles. The van der Waals surface area contributed by atoms with Crippen molar-refractivity contribution in [2.24, 2.45) is 0 Å². The molecule has 0 fully saturated rings. The van der Waals surface area contributed by atoms with Crippen LogP contribution in [-0.2, 0) is 6.54 Å². The number of hydrogen-bond donors (Lipinski definition) is 1. The van der Waals surface area contributed by atoms with E-state index in [1.165, 1.54) is 0 Å². The molecule has 0 bridgehead atoms. The predicted molar refractivity (Wildman–Crippen MR) is 63.8 cm³/mol. The standard InChI is InChI=1S/C10H15N5S/c1-3-5-11-7-9-12-13-10(16-9)15-6-4-8(2)14-15/h4,6,11H,3,5,7H2,1-2H3. The first-order chi connectivity index (χ1) is 7.79. The Kier molecular flexibility index (Phi) is 3.63. The molecular weight excluding hydrogens is 222 g/mol. The minimum absolute atomic E-state index is 0.783. The van der Waals surface area contributed by atoms with E-state index >= 15 is 0 Å². The smallest absolute Gasteiger partial charge is 0.232 e. The van der Waals surface area contributed by atoms with Crippen molar-refractivity contribution in [3.05, 3.63) is 23.0 Å². The monoisotopic (exact) mass is 237 g/mol. The average molecular weight is 237 g/mol. The Hall–Kier alpha value is -1.27. The van der Waals surface area contributed by atoms with E-state index in [4.69, 9.17) is 0 Å². The summed E-state index contributed by atoms with van der Waals surface area (Å²) in [6.45, 7) is 5.90. The SMILES string of the molecule is CCCNCc1nnc(-n2ccc(C)n2)s1. The first-order valence-electron chi connectivity index (χ1n) is 5.35. The predicted octanol–water partition coefficient (Wildman–Crippen LogP) is 1.53.